The normalized spacial score (nSPS) is 11.5. The molecule has 0 fully saturated rings. The summed E-state index contributed by atoms with van der Waals surface area (Å²) in [6, 6.07) is 9.45. The number of aromatic nitrogens is 1. The first-order chi connectivity index (χ1) is 13.6. The lowest BCUT2D eigenvalue weighted by Gasteiger charge is -2.13. The third kappa shape index (κ3) is 4.26. The lowest BCUT2D eigenvalue weighted by Crippen LogP contribution is -2.14. The molecule has 3 aromatic rings. The van der Waals surface area contributed by atoms with Gasteiger partial charge in [-0.25, -0.2) is 4.79 Å². The van der Waals surface area contributed by atoms with Crippen molar-refractivity contribution >= 4 is 11.8 Å². The Hall–Kier alpha value is -3.29. The summed E-state index contributed by atoms with van der Waals surface area (Å²) in [5, 5.41) is 0. The predicted octanol–water partition coefficient (Wildman–Crippen LogP) is 5.05. The van der Waals surface area contributed by atoms with E-state index < -0.39 is 30.1 Å². The minimum Gasteiger partial charge on any atom is -0.454 e. The highest BCUT2D eigenvalue weighted by molar-refractivity contribution is 6.00. The van der Waals surface area contributed by atoms with E-state index in [2.05, 4.69) is 0 Å². The molecule has 3 rings (SSSR count). The number of nitrogens with zero attached hydrogens (tertiary/aromatic N) is 1. The van der Waals surface area contributed by atoms with Crippen molar-refractivity contribution in [3.63, 3.8) is 0 Å². The van der Waals surface area contributed by atoms with Crippen molar-refractivity contribution in [1.82, 2.24) is 4.57 Å². The number of carbonyl (C=O) groups excluding carboxylic acids is 2. The molecule has 0 saturated carbocycles. The largest absolute Gasteiger partial charge is 0.454 e. The van der Waals surface area contributed by atoms with Crippen LogP contribution in [-0.4, -0.2) is 22.9 Å². The SMILES string of the molecule is Cc1ccc(C(=O)OCC(=O)c2cc(C)n(-c3cccc(C(F)(F)F)c3)c2C)o1. The number of hydrogen-bond donors (Lipinski definition) is 0. The molecule has 0 radical (unpaired) electrons. The zero-order chi connectivity index (χ0) is 21.3. The van der Waals surface area contributed by atoms with Gasteiger partial charge in [-0.1, -0.05) is 6.07 Å². The molecule has 0 spiro atoms. The Balaban J connectivity index is 1.82. The lowest BCUT2D eigenvalue weighted by atomic mass is 10.1. The average Bonchev–Trinajstić information content (AvgIpc) is 3.22. The van der Waals surface area contributed by atoms with Crippen LogP contribution in [-0.2, 0) is 10.9 Å². The minimum atomic E-state index is -4.47. The Kier molecular flexibility index (Phi) is 5.37. The Morgan fingerprint density at radius 1 is 1.07 bits per heavy atom. The van der Waals surface area contributed by atoms with E-state index in [1.165, 1.54) is 18.2 Å². The van der Waals surface area contributed by atoms with Gasteiger partial charge in [0.2, 0.25) is 11.5 Å². The standard InChI is InChI=1S/C21H18F3NO4/c1-12-9-17(18(26)11-28-20(27)19-8-7-13(2)29-19)14(3)25(12)16-6-4-5-15(10-16)21(22,23)24/h4-10H,11H2,1-3H3. The highest BCUT2D eigenvalue weighted by Crippen LogP contribution is 2.31. The van der Waals surface area contributed by atoms with Gasteiger partial charge in [0, 0.05) is 22.6 Å². The van der Waals surface area contributed by atoms with Gasteiger partial charge in [-0.3, -0.25) is 4.79 Å². The smallest absolute Gasteiger partial charge is 0.416 e. The second-order valence-electron chi connectivity index (χ2n) is 6.58. The molecule has 0 amide bonds. The summed E-state index contributed by atoms with van der Waals surface area (Å²) in [7, 11) is 0. The molecule has 8 heteroatoms. The maximum absolute atomic E-state index is 13.0. The number of alkyl halides is 3. The van der Waals surface area contributed by atoms with Crippen LogP contribution in [0.2, 0.25) is 0 Å². The molecular formula is C21H18F3NO4. The number of benzene rings is 1. The van der Waals surface area contributed by atoms with E-state index in [1.807, 2.05) is 0 Å². The number of furan rings is 1. The van der Waals surface area contributed by atoms with Gasteiger partial charge in [-0.2, -0.15) is 13.2 Å². The van der Waals surface area contributed by atoms with Crippen molar-refractivity contribution in [2.45, 2.75) is 26.9 Å². The van der Waals surface area contributed by atoms with Crippen LogP contribution < -0.4 is 0 Å². The van der Waals surface area contributed by atoms with Crippen molar-refractivity contribution in [1.29, 1.82) is 0 Å². The summed E-state index contributed by atoms with van der Waals surface area (Å²) >= 11 is 0. The highest BCUT2D eigenvalue weighted by Gasteiger charge is 2.31. The third-order valence-electron chi connectivity index (χ3n) is 4.44. The van der Waals surface area contributed by atoms with Gasteiger partial charge < -0.3 is 13.7 Å². The predicted molar refractivity (Wildman–Crippen MR) is 98.3 cm³/mol. The first-order valence-electron chi connectivity index (χ1n) is 8.71. The summed E-state index contributed by atoms with van der Waals surface area (Å²) in [6.45, 7) is 4.47. The van der Waals surface area contributed by atoms with Crippen LogP contribution in [0, 0.1) is 20.8 Å². The monoisotopic (exact) mass is 405 g/mol. The first kappa shape index (κ1) is 20.4. The van der Waals surface area contributed by atoms with Gasteiger partial charge in [-0.15, -0.1) is 0 Å². The average molecular weight is 405 g/mol. The number of aryl methyl sites for hydroxylation is 2. The number of carbonyl (C=O) groups is 2. The lowest BCUT2D eigenvalue weighted by molar-refractivity contribution is -0.137. The fraction of sp³-hybridized carbons (Fsp3) is 0.238. The first-order valence-corrected chi connectivity index (χ1v) is 8.71. The molecule has 5 nitrogen and oxygen atoms in total. The topological polar surface area (TPSA) is 61.4 Å². The van der Waals surface area contributed by atoms with Crippen LogP contribution in [0.1, 0.15) is 43.6 Å². The quantitative estimate of drug-likeness (QED) is 0.440. The van der Waals surface area contributed by atoms with Crippen LogP contribution in [0.3, 0.4) is 0 Å². The molecule has 0 atom stereocenters. The minimum absolute atomic E-state index is 0.00950. The molecule has 2 aromatic heterocycles. The molecule has 0 aliphatic carbocycles. The zero-order valence-electron chi connectivity index (χ0n) is 16.0. The van der Waals surface area contributed by atoms with Crippen LogP contribution in [0.25, 0.3) is 5.69 Å². The molecule has 29 heavy (non-hydrogen) atoms. The highest BCUT2D eigenvalue weighted by atomic mass is 19.4. The number of ether oxygens (including phenoxy) is 1. The molecule has 0 bridgehead atoms. The summed E-state index contributed by atoms with van der Waals surface area (Å²) < 4.78 is 50.7. The maximum atomic E-state index is 13.0. The Morgan fingerprint density at radius 3 is 2.41 bits per heavy atom. The van der Waals surface area contributed by atoms with E-state index in [4.69, 9.17) is 9.15 Å². The van der Waals surface area contributed by atoms with Gasteiger partial charge in [0.15, 0.2) is 6.61 Å². The van der Waals surface area contributed by atoms with Gasteiger partial charge in [0.1, 0.15) is 5.76 Å². The van der Waals surface area contributed by atoms with Crippen LogP contribution in [0.15, 0.2) is 46.9 Å². The summed E-state index contributed by atoms with van der Waals surface area (Å²) in [4.78, 5) is 24.5. The van der Waals surface area contributed by atoms with E-state index in [1.54, 1.807) is 37.5 Å². The molecule has 2 heterocycles. The van der Waals surface area contributed by atoms with Gasteiger partial charge >= 0.3 is 12.1 Å². The fourth-order valence-electron chi connectivity index (χ4n) is 3.09. The molecule has 0 aliphatic rings. The summed E-state index contributed by atoms with van der Waals surface area (Å²) in [5.41, 5.74) is 0.813. The van der Waals surface area contributed by atoms with E-state index in [9.17, 15) is 22.8 Å². The maximum Gasteiger partial charge on any atom is 0.416 e. The number of esters is 1. The molecule has 0 unspecified atom stereocenters. The van der Waals surface area contributed by atoms with Crippen molar-refractivity contribution in [3.05, 3.63) is 76.5 Å². The summed E-state index contributed by atoms with van der Waals surface area (Å²) in [6.07, 6.45) is -4.47. The fourth-order valence-corrected chi connectivity index (χ4v) is 3.09. The van der Waals surface area contributed by atoms with Crippen LogP contribution >= 0.6 is 0 Å². The van der Waals surface area contributed by atoms with Crippen molar-refractivity contribution in [3.8, 4) is 5.69 Å². The summed E-state index contributed by atoms with van der Waals surface area (Å²) in [5.74, 6) is -0.705. The molecule has 152 valence electrons. The van der Waals surface area contributed by atoms with E-state index in [-0.39, 0.29) is 17.0 Å². The molecule has 1 aromatic carbocycles. The number of hydrogen-bond acceptors (Lipinski definition) is 4. The Morgan fingerprint density at radius 2 is 1.79 bits per heavy atom. The van der Waals surface area contributed by atoms with Crippen molar-refractivity contribution in [2.24, 2.45) is 0 Å². The Bertz CT molecular complexity index is 1080. The number of ketones is 1. The number of halogens is 3. The van der Waals surface area contributed by atoms with E-state index >= 15 is 0 Å². The van der Waals surface area contributed by atoms with Crippen molar-refractivity contribution < 1.29 is 31.9 Å². The molecule has 0 saturated heterocycles. The van der Waals surface area contributed by atoms with Gasteiger partial charge in [-0.05, 0) is 57.2 Å². The zero-order valence-corrected chi connectivity index (χ0v) is 16.0. The molecule has 0 N–H and O–H groups in total. The number of Topliss-reactive ketones (excluding diaryl/α,β-unsaturated/α-hetero) is 1. The molecule has 0 aliphatic heterocycles. The van der Waals surface area contributed by atoms with Crippen molar-refractivity contribution in [2.75, 3.05) is 6.61 Å². The number of rotatable bonds is 5. The van der Waals surface area contributed by atoms with Crippen LogP contribution in [0.4, 0.5) is 13.2 Å². The van der Waals surface area contributed by atoms with Crippen LogP contribution in [0.5, 0.6) is 0 Å². The second kappa shape index (κ2) is 7.62. The molecular weight excluding hydrogens is 387 g/mol. The van der Waals surface area contributed by atoms with Gasteiger partial charge in [0.25, 0.3) is 0 Å². The third-order valence-corrected chi connectivity index (χ3v) is 4.44. The Labute approximate surface area is 164 Å². The van der Waals surface area contributed by atoms with Gasteiger partial charge in [0.05, 0.1) is 5.56 Å². The van der Waals surface area contributed by atoms with E-state index in [0.29, 0.717) is 17.1 Å². The second-order valence-corrected chi connectivity index (χ2v) is 6.58. The van der Waals surface area contributed by atoms with E-state index in [0.717, 1.165) is 12.1 Å².